The third-order valence-corrected chi connectivity index (χ3v) is 5.82. The highest BCUT2D eigenvalue weighted by molar-refractivity contribution is 8.56. The number of benzene rings is 1. The van der Waals surface area contributed by atoms with Crippen LogP contribution in [0.2, 0.25) is 0 Å². The molecular weight excluding hydrogens is 253 g/mol. The molecule has 2 rings (SSSR count). The highest BCUT2D eigenvalue weighted by Crippen LogP contribution is 2.40. The number of piperidine rings is 1. The molecule has 0 amide bonds. The van der Waals surface area contributed by atoms with Crippen LogP contribution in [-0.2, 0) is 11.8 Å². The van der Waals surface area contributed by atoms with Gasteiger partial charge in [-0.2, -0.15) is 0 Å². The minimum absolute atomic E-state index is 0.0942. The van der Waals surface area contributed by atoms with Crippen molar-refractivity contribution in [3.8, 4) is 0 Å². The van der Waals surface area contributed by atoms with Gasteiger partial charge < -0.3 is 0 Å². The smallest absolute Gasteiger partial charge is 0.0457 e. The summed E-state index contributed by atoms with van der Waals surface area (Å²) in [4.78, 5) is 0. The van der Waals surface area contributed by atoms with E-state index in [2.05, 4.69) is 35.5 Å². The number of hydrogen-bond acceptors (Lipinski definition) is 3. The minimum Gasteiger partial charge on any atom is -0.239 e. The van der Waals surface area contributed by atoms with Crippen LogP contribution in [0, 0.1) is 6.92 Å². The van der Waals surface area contributed by atoms with E-state index in [-0.39, 0.29) is 6.56 Å². The monoisotopic (exact) mass is 271 g/mol. The van der Waals surface area contributed by atoms with Crippen LogP contribution in [0.1, 0.15) is 36.4 Å². The van der Waals surface area contributed by atoms with Gasteiger partial charge in [-0.05, 0) is 49.0 Å². The Morgan fingerprint density at radius 3 is 2.94 bits per heavy atom. The highest BCUT2D eigenvalue weighted by atomic mass is 32.9. The SMILES string of the molecule is Cc1ccccc1C1CCCCN1S[PH2]=S. The Kier molecular flexibility index (Phi) is 4.90. The van der Waals surface area contributed by atoms with Crippen LogP contribution < -0.4 is 0 Å². The van der Waals surface area contributed by atoms with Crippen molar-refractivity contribution in [3.63, 3.8) is 0 Å². The van der Waals surface area contributed by atoms with Crippen molar-refractivity contribution in [2.24, 2.45) is 0 Å². The molecule has 88 valence electrons. The zero-order valence-electron chi connectivity index (χ0n) is 9.56. The third-order valence-electron chi connectivity index (χ3n) is 3.18. The predicted octanol–water partition coefficient (Wildman–Crippen LogP) is 3.96. The third kappa shape index (κ3) is 2.89. The lowest BCUT2D eigenvalue weighted by molar-refractivity contribution is 0.281. The summed E-state index contributed by atoms with van der Waals surface area (Å²) >= 11 is 7.07. The molecule has 0 N–H and O–H groups in total. The van der Waals surface area contributed by atoms with E-state index in [4.69, 9.17) is 11.8 Å². The summed E-state index contributed by atoms with van der Waals surface area (Å²) in [5, 5.41) is 0. The second-order valence-corrected chi connectivity index (χ2v) is 8.02. The topological polar surface area (TPSA) is 3.24 Å². The van der Waals surface area contributed by atoms with Gasteiger partial charge in [0.15, 0.2) is 0 Å². The van der Waals surface area contributed by atoms with E-state index in [0.29, 0.717) is 6.04 Å². The van der Waals surface area contributed by atoms with Gasteiger partial charge in [-0.1, -0.05) is 42.5 Å². The highest BCUT2D eigenvalue weighted by Gasteiger charge is 2.24. The van der Waals surface area contributed by atoms with E-state index in [0.717, 1.165) is 0 Å². The summed E-state index contributed by atoms with van der Waals surface area (Å²) in [6, 6.07) is 9.36. The van der Waals surface area contributed by atoms with Gasteiger partial charge in [0, 0.05) is 12.6 Å². The molecule has 0 saturated carbocycles. The lowest BCUT2D eigenvalue weighted by Crippen LogP contribution is -2.27. The number of hydrogen-bond donors (Lipinski definition) is 0. The van der Waals surface area contributed by atoms with Gasteiger partial charge in [-0.15, -0.1) is 0 Å². The zero-order valence-corrected chi connectivity index (χ0v) is 12.3. The van der Waals surface area contributed by atoms with Gasteiger partial charge in [-0.25, -0.2) is 4.31 Å². The molecule has 1 nitrogen and oxygen atoms in total. The first-order chi connectivity index (χ1) is 7.83. The molecule has 0 aliphatic carbocycles. The molecule has 0 bridgehead atoms. The molecule has 2 unspecified atom stereocenters. The molecule has 0 aromatic heterocycles. The van der Waals surface area contributed by atoms with Gasteiger partial charge in [-0.3, -0.25) is 0 Å². The molecule has 1 aromatic carbocycles. The molecule has 1 aliphatic rings. The van der Waals surface area contributed by atoms with Crippen LogP contribution in [0.15, 0.2) is 24.3 Å². The van der Waals surface area contributed by atoms with E-state index in [1.54, 1.807) is 0 Å². The van der Waals surface area contributed by atoms with Crippen molar-refractivity contribution in [1.29, 1.82) is 0 Å². The van der Waals surface area contributed by atoms with E-state index in [1.807, 2.05) is 11.6 Å². The van der Waals surface area contributed by atoms with Crippen LogP contribution in [0.5, 0.6) is 0 Å². The summed E-state index contributed by atoms with van der Waals surface area (Å²) < 4.78 is 2.52. The summed E-state index contributed by atoms with van der Waals surface area (Å²) in [7, 11) is 0. The van der Waals surface area contributed by atoms with Crippen molar-refractivity contribution in [2.75, 3.05) is 6.54 Å². The van der Waals surface area contributed by atoms with Gasteiger partial charge in [0.1, 0.15) is 0 Å². The van der Waals surface area contributed by atoms with Crippen LogP contribution in [0.25, 0.3) is 0 Å². The maximum Gasteiger partial charge on any atom is 0.0457 e. The number of nitrogens with zero attached hydrogens (tertiary/aromatic N) is 1. The van der Waals surface area contributed by atoms with Crippen molar-refractivity contribution in [1.82, 2.24) is 4.31 Å². The van der Waals surface area contributed by atoms with Crippen LogP contribution in [-0.4, -0.2) is 10.8 Å². The minimum atomic E-state index is 0.0942. The molecule has 1 saturated heterocycles. The lowest BCUT2D eigenvalue weighted by Gasteiger charge is -2.34. The molecule has 1 heterocycles. The van der Waals surface area contributed by atoms with E-state index in [9.17, 15) is 0 Å². The van der Waals surface area contributed by atoms with Crippen LogP contribution >= 0.6 is 18.1 Å². The Balaban J connectivity index is 2.22. The summed E-state index contributed by atoms with van der Waals surface area (Å²) in [5.74, 6) is 0. The Morgan fingerprint density at radius 1 is 1.38 bits per heavy atom. The predicted molar refractivity (Wildman–Crippen MR) is 79.1 cm³/mol. The average Bonchev–Trinajstić information content (AvgIpc) is 2.31. The van der Waals surface area contributed by atoms with Crippen molar-refractivity contribution in [3.05, 3.63) is 35.4 Å². The maximum absolute atomic E-state index is 5.17. The number of rotatable bonds is 3. The first-order valence-electron chi connectivity index (χ1n) is 5.75. The molecule has 1 aromatic rings. The first kappa shape index (κ1) is 12.6. The second-order valence-electron chi connectivity index (χ2n) is 4.21. The molecule has 1 aliphatic heterocycles. The average molecular weight is 271 g/mol. The molecule has 0 spiro atoms. The number of aryl methyl sites for hydroxylation is 1. The molecule has 2 atom stereocenters. The standard InChI is InChI=1S/C12H18NPS2/c1-10-6-2-3-7-11(10)12-8-4-5-9-13(12)16-14-15/h2-3,6-7,12H,4-5,8-9,14H2,1H3. The largest absolute Gasteiger partial charge is 0.239 e. The first-order valence-corrected chi connectivity index (χ1v) is 9.89. The Hall–Kier alpha value is 0.180. The fourth-order valence-corrected chi connectivity index (χ4v) is 5.15. The fraction of sp³-hybridized carbons (Fsp3) is 0.500. The quantitative estimate of drug-likeness (QED) is 0.605. The van der Waals surface area contributed by atoms with Crippen LogP contribution in [0.4, 0.5) is 0 Å². The summed E-state index contributed by atoms with van der Waals surface area (Å²) in [6.45, 7) is 3.51. The molecule has 0 radical (unpaired) electrons. The van der Waals surface area contributed by atoms with Gasteiger partial charge >= 0.3 is 0 Å². The second kappa shape index (κ2) is 6.20. The van der Waals surface area contributed by atoms with Gasteiger partial charge in [0.2, 0.25) is 0 Å². The Morgan fingerprint density at radius 2 is 2.19 bits per heavy atom. The van der Waals surface area contributed by atoms with E-state index < -0.39 is 0 Å². The van der Waals surface area contributed by atoms with E-state index in [1.165, 1.54) is 36.9 Å². The fourth-order valence-electron chi connectivity index (χ4n) is 2.36. The van der Waals surface area contributed by atoms with Crippen molar-refractivity contribution in [2.45, 2.75) is 32.2 Å². The van der Waals surface area contributed by atoms with Crippen LogP contribution in [0.3, 0.4) is 0 Å². The van der Waals surface area contributed by atoms with Gasteiger partial charge in [0.05, 0.1) is 0 Å². The van der Waals surface area contributed by atoms with Crippen molar-refractivity contribution < 1.29 is 0 Å². The summed E-state index contributed by atoms with van der Waals surface area (Å²) in [5.41, 5.74) is 2.91. The maximum atomic E-state index is 5.17. The lowest BCUT2D eigenvalue weighted by atomic mass is 9.94. The zero-order chi connectivity index (χ0) is 11.4. The molecule has 1 fully saturated rings. The molecule has 4 heteroatoms. The Labute approximate surface area is 108 Å². The Bertz CT molecular complexity index is 370. The van der Waals surface area contributed by atoms with Crippen molar-refractivity contribution >= 4 is 29.9 Å². The van der Waals surface area contributed by atoms with Gasteiger partial charge in [0.25, 0.3) is 0 Å². The normalized spacial score (nSPS) is 22.9. The van der Waals surface area contributed by atoms with E-state index >= 15 is 0 Å². The molecular formula is C12H18NPS2. The molecule has 16 heavy (non-hydrogen) atoms. The summed E-state index contributed by atoms with van der Waals surface area (Å²) in [6.07, 6.45) is 3.96.